The summed E-state index contributed by atoms with van der Waals surface area (Å²) in [5.74, 6) is 0.711. The Morgan fingerprint density at radius 2 is 2.08 bits per heavy atom. The lowest BCUT2D eigenvalue weighted by Gasteiger charge is -2.13. The molecule has 0 radical (unpaired) electrons. The van der Waals surface area contributed by atoms with E-state index >= 15 is 0 Å². The number of Topliss-reactive ketones (excluding diaryl/α,β-unsaturated/α-hetero) is 1. The van der Waals surface area contributed by atoms with Crippen LogP contribution in [0.1, 0.15) is 48.5 Å². The van der Waals surface area contributed by atoms with Crippen LogP contribution in [-0.2, 0) is 11.2 Å². The van der Waals surface area contributed by atoms with E-state index < -0.39 is 0 Å². The zero-order valence-electron chi connectivity index (χ0n) is 14.0. The van der Waals surface area contributed by atoms with Crippen molar-refractivity contribution < 1.29 is 18.8 Å². The SMILES string of the molecule is COc1ccc(C(C)=O)c(NC(=O)Cc2cc(C(C)C)on2)c1Cl. The molecule has 0 aliphatic heterocycles. The molecule has 0 atom stereocenters. The number of benzene rings is 1. The maximum atomic E-state index is 12.3. The van der Waals surface area contributed by atoms with Crippen molar-refractivity contribution in [3.63, 3.8) is 0 Å². The number of carbonyl (C=O) groups excluding carboxylic acids is 2. The number of ketones is 1. The molecule has 0 saturated carbocycles. The second kappa shape index (κ2) is 7.49. The van der Waals surface area contributed by atoms with Gasteiger partial charge in [-0.25, -0.2) is 0 Å². The summed E-state index contributed by atoms with van der Waals surface area (Å²) in [7, 11) is 1.46. The topological polar surface area (TPSA) is 81.4 Å². The number of ether oxygens (including phenoxy) is 1. The summed E-state index contributed by atoms with van der Waals surface area (Å²) in [6.07, 6.45) is 0.0150. The Morgan fingerprint density at radius 1 is 1.38 bits per heavy atom. The molecule has 128 valence electrons. The Balaban J connectivity index is 2.22. The summed E-state index contributed by atoms with van der Waals surface area (Å²) >= 11 is 6.22. The Labute approximate surface area is 145 Å². The standard InChI is InChI=1S/C17H19ClN2O4/c1-9(2)14-7-11(20-24-14)8-15(22)19-17-12(10(3)21)5-6-13(23-4)16(17)18/h5-7,9H,8H2,1-4H3,(H,19,22). The summed E-state index contributed by atoms with van der Waals surface area (Å²) in [4.78, 5) is 24.0. The van der Waals surface area contributed by atoms with Gasteiger partial charge in [0.15, 0.2) is 5.78 Å². The molecule has 0 aliphatic carbocycles. The van der Waals surface area contributed by atoms with E-state index in [1.54, 1.807) is 18.2 Å². The first-order valence-electron chi connectivity index (χ1n) is 7.46. The molecule has 1 N–H and O–H groups in total. The summed E-state index contributed by atoms with van der Waals surface area (Å²) in [5, 5.41) is 6.72. The Morgan fingerprint density at radius 3 is 2.62 bits per heavy atom. The number of nitrogens with zero attached hydrogens (tertiary/aromatic N) is 1. The van der Waals surface area contributed by atoms with E-state index in [4.69, 9.17) is 20.9 Å². The number of rotatable bonds is 6. The molecule has 0 saturated heterocycles. The molecule has 1 heterocycles. The van der Waals surface area contributed by atoms with Crippen LogP contribution in [0.3, 0.4) is 0 Å². The number of amides is 1. The number of carbonyl (C=O) groups is 2. The van der Waals surface area contributed by atoms with Crippen LogP contribution in [0, 0.1) is 0 Å². The van der Waals surface area contributed by atoms with Crippen LogP contribution in [0.25, 0.3) is 0 Å². The van der Waals surface area contributed by atoms with Crippen LogP contribution < -0.4 is 10.1 Å². The maximum Gasteiger partial charge on any atom is 0.230 e. The van der Waals surface area contributed by atoms with Crippen molar-refractivity contribution in [2.24, 2.45) is 0 Å². The van der Waals surface area contributed by atoms with E-state index in [1.165, 1.54) is 14.0 Å². The quantitative estimate of drug-likeness (QED) is 0.800. The monoisotopic (exact) mass is 350 g/mol. The molecule has 1 amide bonds. The van der Waals surface area contributed by atoms with Crippen molar-refractivity contribution in [1.82, 2.24) is 5.16 Å². The van der Waals surface area contributed by atoms with Gasteiger partial charge < -0.3 is 14.6 Å². The van der Waals surface area contributed by atoms with Gasteiger partial charge in [0.2, 0.25) is 5.91 Å². The van der Waals surface area contributed by atoms with Gasteiger partial charge in [0, 0.05) is 17.5 Å². The molecule has 2 rings (SSSR count). The second-order valence-electron chi connectivity index (χ2n) is 5.66. The third-order valence-electron chi connectivity index (χ3n) is 3.46. The molecule has 1 aromatic heterocycles. The Kier molecular flexibility index (Phi) is 5.62. The first kappa shape index (κ1) is 18.0. The second-order valence-corrected chi connectivity index (χ2v) is 6.04. The Hall–Kier alpha value is -2.34. The lowest BCUT2D eigenvalue weighted by molar-refractivity contribution is -0.115. The smallest absolute Gasteiger partial charge is 0.230 e. The van der Waals surface area contributed by atoms with Crippen molar-refractivity contribution in [3.05, 3.63) is 40.2 Å². The minimum absolute atomic E-state index is 0.0150. The number of halogens is 1. The van der Waals surface area contributed by atoms with Gasteiger partial charge in [-0.15, -0.1) is 0 Å². The van der Waals surface area contributed by atoms with Crippen molar-refractivity contribution in [2.75, 3.05) is 12.4 Å². The van der Waals surface area contributed by atoms with Crippen molar-refractivity contribution in [3.8, 4) is 5.75 Å². The number of nitrogens with one attached hydrogen (secondary N) is 1. The maximum absolute atomic E-state index is 12.3. The number of methoxy groups -OCH3 is 1. The number of aromatic nitrogens is 1. The van der Waals surface area contributed by atoms with Gasteiger partial charge in [0.25, 0.3) is 0 Å². The molecule has 0 unspecified atom stereocenters. The fraction of sp³-hybridized carbons (Fsp3) is 0.353. The molecule has 1 aromatic carbocycles. The highest BCUT2D eigenvalue weighted by atomic mass is 35.5. The number of hydrogen-bond acceptors (Lipinski definition) is 5. The first-order valence-corrected chi connectivity index (χ1v) is 7.84. The molecule has 24 heavy (non-hydrogen) atoms. The average molecular weight is 351 g/mol. The van der Waals surface area contributed by atoms with E-state index in [9.17, 15) is 9.59 Å². The average Bonchev–Trinajstić information content (AvgIpc) is 2.97. The van der Waals surface area contributed by atoms with Crippen molar-refractivity contribution in [1.29, 1.82) is 0 Å². The molecule has 0 spiro atoms. The third-order valence-corrected chi connectivity index (χ3v) is 3.83. The van der Waals surface area contributed by atoms with Crippen LogP contribution in [0.2, 0.25) is 5.02 Å². The zero-order valence-corrected chi connectivity index (χ0v) is 14.7. The van der Waals surface area contributed by atoms with E-state index in [1.807, 2.05) is 13.8 Å². The normalized spacial score (nSPS) is 10.8. The van der Waals surface area contributed by atoms with Gasteiger partial charge in [0.1, 0.15) is 16.5 Å². The first-order chi connectivity index (χ1) is 11.3. The molecular weight excluding hydrogens is 332 g/mol. The van der Waals surface area contributed by atoms with Crippen LogP contribution in [0.4, 0.5) is 5.69 Å². The van der Waals surface area contributed by atoms with Crippen LogP contribution >= 0.6 is 11.6 Å². The predicted molar refractivity (Wildman–Crippen MR) is 90.9 cm³/mol. The largest absolute Gasteiger partial charge is 0.495 e. The summed E-state index contributed by atoms with van der Waals surface area (Å²) in [6.45, 7) is 5.35. The van der Waals surface area contributed by atoms with Gasteiger partial charge in [-0.1, -0.05) is 30.6 Å². The molecule has 0 fully saturated rings. The molecule has 0 aliphatic rings. The highest BCUT2D eigenvalue weighted by Crippen LogP contribution is 2.35. The highest BCUT2D eigenvalue weighted by molar-refractivity contribution is 6.36. The van der Waals surface area contributed by atoms with E-state index in [0.29, 0.717) is 22.8 Å². The summed E-state index contributed by atoms with van der Waals surface area (Å²) in [5.41, 5.74) is 1.07. The summed E-state index contributed by atoms with van der Waals surface area (Å²) < 4.78 is 10.3. The van der Waals surface area contributed by atoms with Gasteiger partial charge in [-0.3, -0.25) is 9.59 Å². The minimum atomic E-state index is -0.351. The molecule has 2 aromatic rings. The van der Waals surface area contributed by atoms with Crippen molar-refractivity contribution >= 4 is 29.0 Å². The van der Waals surface area contributed by atoms with Gasteiger partial charge >= 0.3 is 0 Å². The summed E-state index contributed by atoms with van der Waals surface area (Å²) in [6, 6.07) is 4.89. The predicted octanol–water partition coefficient (Wildman–Crippen LogP) is 3.84. The fourth-order valence-corrected chi connectivity index (χ4v) is 2.45. The Bertz CT molecular complexity index is 768. The fourth-order valence-electron chi connectivity index (χ4n) is 2.16. The van der Waals surface area contributed by atoms with Gasteiger partial charge in [0.05, 0.1) is 24.9 Å². The van der Waals surface area contributed by atoms with E-state index in [0.717, 1.165) is 0 Å². The molecule has 0 bridgehead atoms. The molecule has 7 heteroatoms. The van der Waals surface area contributed by atoms with E-state index in [-0.39, 0.29) is 34.7 Å². The van der Waals surface area contributed by atoms with Gasteiger partial charge in [-0.05, 0) is 19.1 Å². The van der Waals surface area contributed by atoms with E-state index in [2.05, 4.69) is 10.5 Å². The van der Waals surface area contributed by atoms with Crippen LogP contribution in [0.15, 0.2) is 22.7 Å². The number of hydrogen-bond donors (Lipinski definition) is 1. The van der Waals surface area contributed by atoms with Crippen LogP contribution in [-0.4, -0.2) is 24.0 Å². The van der Waals surface area contributed by atoms with Gasteiger partial charge in [-0.2, -0.15) is 0 Å². The molecule has 6 nitrogen and oxygen atoms in total. The number of anilines is 1. The highest BCUT2D eigenvalue weighted by Gasteiger charge is 2.19. The molecular formula is C17H19ClN2O4. The lowest BCUT2D eigenvalue weighted by Crippen LogP contribution is -2.17. The zero-order chi connectivity index (χ0) is 17.9. The third kappa shape index (κ3) is 3.94. The lowest BCUT2D eigenvalue weighted by atomic mass is 10.1. The van der Waals surface area contributed by atoms with Crippen molar-refractivity contribution in [2.45, 2.75) is 33.1 Å². The van der Waals surface area contributed by atoms with Crippen LogP contribution in [0.5, 0.6) is 5.75 Å². The minimum Gasteiger partial charge on any atom is -0.495 e.